The van der Waals surface area contributed by atoms with Crippen LogP contribution in [-0.2, 0) is 26.1 Å². The molecule has 0 unspecified atom stereocenters. The quantitative estimate of drug-likeness (QED) is 0.707. The third kappa shape index (κ3) is 4.88. The van der Waals surface area contributed by atoms with Gasteiger partial charge in [0, 0.05) is 24.9 Å². The van der Waals surface area contributed by atoms with Crippen LogP contribution in [0.2, 0.25) is 0 Å². The van der Waals surface area contributed by atoms with Gasteiger partial charge in [-0.3, -0.25) is 4.79 Å². The molecule has 0 bridgehead atoms. The van der Waals surface area contributed by atoms with Gasteiger partial charge in [0.25, 0.3) is 0 Å². The molecule has 1 heterocycles. The number of sulfonamides is 1. The predicted molar refractivity (Wildman–Crippen MR) is 73.4 cm³/mol. The van der Waals surface area contributed by atoms with Crippen LogP contribution in [-0.4, -0.2) is 43.6 Å². The van der Waals surface area contributed by atoms with Gasteiger partial charge in [-0.15, -0.1) is 11.3 Å². The van der Waals surface area contributed by atoms with E-state index in [0.29, 0.717) is 6.54 Å². The molecule has 1 rings (SSSR count). The van der Waals surface area contributed by atoms with Gasteiger partial charge in [-0.2, -0.15) is 4.31 Å². The van der Waals surface area contributed by atoms with Gasteiger partial charge >= 0.3 is 5.97 Å². The first-order valence-electron chi connectivity index (χ1n) is 5.76. The van der Waals surface area contributed by atoms with E-state index in [0.717, 1.165) is 10.6 Å². The number of hydrogen-bond donors (Lipinski definition) is 0. The molecule has 0 amide bonds. The van der Waals surface area contributed by atoms with E-state index in [1.807, 2.05) is 6.92 Å². The highest BCUT2D eigenvalue weighted by Crippen LogP contribution is 2.16. The lowest BCUT2D eigenvalue weighted by molar-refractivity contribution is -0.140. The molecular weight excluding hydrogens is 288 g/mol. The number of aryl methyl sites for hydroxylation is 1. The molecule has 0 radical (unpaired) electrons. The number of nitrogens with zero attached hydrogens (tertiary/aromatic N) is 2. The van der Waals surface area contributed by atoms with Crippen LogP contribution in [0, 0.1) is 6.92 Å². The number of thiazole rings is 1. The van der Waals surface area contributed by atoms with Crippen molar-refractivity contribution < 1.29 is 17.9 Å². The maximum atomic E-state index is 12.0. The second-order valence-corrected chi connectivity index (χ2v) is 7.25. The van der Waals surface area contributed by atoms with Crippen LogP contribution in [0.4, 0.5) is 0 Å². The van der Waals surface area contributed by atoms with E-state index >= 15 is 0 Å². The minimum atomic E-state index is -3.35. The largest absolute Gasteiger partial charge is 0.469 e. The molecule has 0 saturated carbocycles. The summed E-state index contributed by atoms with van der Waals surface area (Å²) in [5, 5.41) is 0. The molecule has 0 spiro atoms. The molecular formula is C11H18N2O4S2. The van der Waals surface area contributed by atoms with Crippen molar-refractivity contribution in [3.05, 3.63) is 16.1 Å². The lowest BCUT2D eigenvalue weighted by Gasteiger charge is -2.16. The first-order chi connectivity index (χ1) is 8.86. The molecule has 0 aromatic carbocycles. The molecule has 1 aromatic rings. The minimum Gasteiger partial charge on any atom is -0.469 e. The molecule has 0 atom stereocenters. The highest BCUT2D eigenvalue weighted by Gasteiger charge is 2.19. The second kappa shape index (κ2) is 6.97. The molecule has 0 aliphatic carbocycles. The van der Waals surface area contributed by atoms with Crippen LogP contribution in [0.25, 0.3) is 0 Å². The van der Waals surface area contributed by atoms with Crippen LogP contribution in [0.15, 0.2) is 5.51 Å². The Bertz CT molecular complexity index is 525. The molecule has 0 saturated heterocycles. The van der Waals surface area contributed by atoms with E-state index in [1.165, 1.54) is 29.8 Å². The number of carbonyl (C=O) groups excluding carboxylic acids is 1. The fraction of sp³-hybridized carbons (Fsp3) is 0.636. The third-order valence-electron chi connectivity index (χ3n) is 2.70. The molecule has 0 N–H and O–H groups in total. The Labute approximate surface area is 117 Å². The number of ether oxygens (including phenoxy) is 1. The van der Waals surface area contributed by atoms with Crippen LogP contribution < -0.4 is 0 Å². The van der Waals surface area contributed by atoms with E-state index in [9.17, 15) is 13.2 Å². The molecule has 0 aliphatic rings. The Balaban J connectivity index is 2.52. The van der Waals surface area contributed by atoms with Crippen molar-refractivity contribution in [3.8, 4) is 0 Å². The van der Waals surface area contributed by atoms with Crippen LogP contribution in [0.5, 0.6) is 0 Å². The number of hydrogen-bond acceptors (Lipinski definition) is 6. The average Bonchev–Trinajstić information content (AvgIpc) is 2.74. The van der Waals surface area contributed by atoms with Gasteiger partial charge in [-0.25, -0.2) is 13.4 Å². The number of carbonyl (C=O) groups is 1. The summed E-state index contributed by atoms with van der Waals surface area (Å²) in [5.41, 5.74) is 2.55. The molecule has 108 valence electrons. The number of aromatic nitrogens is 1. The van der Waals surface area contributed by atoms with Crippen LogP contribution in [0.1, 0.15) is 23.4 Å². The van der Waals surface area contributed by atoms with Gasteiger partial charge in [0.05, 0.1) is 24.1 Å². The van der Waals surface area contributed by atoms with Crippen molar-refractivity contribution in [2.24, 2.45) is 0 Å². The van der Waals surface area contributed by atoms with Gasteiger partial charge in [-0.1, -0.05) is 0 Å². The summed E-state index contributed by atoms with van der Waals surface area (Å²) in [6, 6.07) is 0. The normalized spacial score (nSPS) is 11.8. The molecule has 0 aliphatic heterocycles. The van der Waals surface area contributed by atoms with Gasteiger partial charge < -0.3 is 4.74 Å². The lowest BCUT2D eigenvalue weighted by Crippen LogP contribution is -2.29. The maximum Gasteiger partial charge on any atom is 0.305 e. The zero-order valence-electron chi connectivity index (χ0n) is 11.2. The molecule has 0 fully saturated rings. The standard InChI is InChI=1S/C11H18N2O4S2/c1-9-10(18-8-12-9)7-13(2)19(15,16)6-4-5-11(14)17-3/h8H,4-7H2,1-3H3. The van der Waals surface area contributed by atoms with Gasteiger partial charge in [0.2, 0.25) is 10.0 Å². The lowest BCUT2D eigenvalue weighted by atomic mass is 10.3. The first-order valence-corrected chi connectivity index (χ1v) is 8.25. The Morgan fingerprint density at radius 1 is 1.53 bits per heavy atom. The van der Waals surface area contributed by atoms with Gasteiger partial charge in [0.15, 0.2) is 0 Å². The summed E-state index contributed by atoms with van der Waals surface area (Å²) < 4.78 is 29.8. The smallest absolute Gasteiger partial charge is 0.305 e. The first kappa shape index (κ1) is 16.1. The highest BCUT2D eigenvalue weighted by atomic mass is 32.2. The molecule has 6 nitrogen and oxygen atoms in total. The minimum absolute atomic E-state index is 0.0591. The number of esters is 1. The monoisotopic (exact) mass is 306 g/mol. The maximum absolute atomic E-state index is 12.0. The van der Waals surface area contributed by atoms with E-state index in [2.05, 4.69) is 9.72 Å². The predicted octanol–water partition coefficient (Wildman–Crippen LogP) is 1.17. The topological polar surface area (TPSA) is 76.6 Å². The Morgan fingerprint density at radius 3 is 2.74 bits per heavy atom. The third-order valence-corrected chi connectivity index (χ3v) is 5.50. The second-order valence-electron chi connectivity index (χ2n) is 4.11. The number of rotatable bonds is 7. The Hall–Kier alpha value is -0.990. The highest BCUT2D eigenvalue weighted by molar-refractivity contribution is 7.89. The zero-order chi connectivity index (χ0) is 14.5. The zero-order valence-corrected chi connectivity index (χ0v) is 12.9. The molecule has 19 heavy (non-hydrogen) atoms. The summed E-state index contributed by atoms with van der Waals surface area (Å²) >= 11 is 1.44. The average molecular weight is 306 g/mol. The summed E-state index contributed by atoms with van der Waals surface area (Å²) in [6.07, 6.45) is 0.379. The van der Waals surface area contributed by atoms with Crippen LogP contribution >= 0.6 is 11.3 Å². The number of methoxy groups -OCH3 is 1. The van der Waals surface area contributed by atoms with Crippen molar-refractivity contribution in [2.75, 3.05) is 19.9 Å². The molecule has 1 aromatic heterocycles. The fourth-order valence-electron chi connectivity index (χ4n) is 1.44. The van der Waals surface area contributed by atoms with Crippen molar-refractivity contribution >= 4 is 27.3 Å². The van der Waals surface area contributed by atoms with Crippen molar-refractivity contribution in [2.45, 2.75) is 26.3 Å². The van der Waals surface area contributed by atoms with Crippen molar-refractivity contribution in [1.29, 1.82) is 0 Å². The van der Waals surface area contributed by atoms with E-state index < -0.39 is 16.0 Å². The van der Waals surface area contributed by atoms with E-state index in [4.69, 9.17) is 0 Å². The Kier molecular flexibility index (Phi) is 5.89. The summed E-state index contributed by atoms with van der Waals surface area (Å²) in [7, 11) is -0.531. The van der Waals surface area contributed by atoms with E-state index in [1.54, 1.807) is 5.51 Å². The van der Waals surface area contributed by atoms with Gasteiger partial charge in [-0.05, 0) is 13.3 Å². The molecule has 8 heteroatoms. The summed E-state index contributed by atoms with van der Waals surface area (Å²) in [4.78, 5) is 15.9. The van der Waals surface area contributed by atoms with Crippen LogP contribution in [0.3, 0.4) is 0 Å². The fourth-order valence-corrected chi connectivity index (χ4v) is 3.49. The van der Waals surface area contributed by atoms with Gasteiger partial charge in [0.1, 0.15) is 0 Å². The Morgan fingerprint density at radius 2 is 2.21 bits per heavy atom. The van der Waals surface area contributed by atoms with Crippen molar-refractivity contribution in [1.82, 2.24) is 9.29 Å². The van der Waals surface area contributed by atoms with Crippen molar-refractivity contribution in [3.63, 3.8) is 0 Å². The summed E-state index contributed by atoms with van der Waals surface area (Å²) in [5.74, 6) is -0.452. The SMILES string of the molecule is COC(=O)CCCS(=O)(=O)N(C)Cc1scnc1C. The summed E-state index contributed by atoms with van der Waals surface area (Å²) in [6.45, 7) is 2.17. The van der Waals surface area contributed by atoms with E-state index in [-0.39, 0.29) is 18.6 Å².